The average molecular weight is 173 g/mol. The molecule has 1 aromatic heterocycles. The number of aromatic amines is 1. The Kier molecular flexibility index (Phi) is 1.87. The number of nitrogens with one attached hydrogen (secondary N) is 1. The molecule has 1 N–H and O–H groups in total. The number of benzene rings is 1. The van der Waals surface area contributed by atoms with E-state index in [9.17, 15) is 0 Å². The molecule has 0 aliphatic carbocycles. The molecule has 0 bridgehead atoms. The minimum absolute atomic E-state index is 0.610. The van der Waals surface area contributed by atoms with Gasteiger partial charge in [0.25, 0.3) is 0 Å². The van der Waals surface area contributed by atoms with Gasteiger partial charge in [0.2, 0.25) is 0 Å². The molecular weight excluding hydrogens is 158 g/mol. The monoisotopic (exact) mass is 173 g/mol. The summed E-state index contributed by atoms with van der Waals surface area (Å²) in [4.78, 5) is 3.23. The molecule has 0 amide bonds. The standard InChI is InChI=1S/C12H15N/c1-8(2)10-4-5-12-11(9(10)3)6-7-13-12/h4-8,13H,1-3H3. The summed E-state index contributed by atoms with van der Waals surface area (Å²) in [6.07, 6.45) is 2.00. The molecule has 13 heavy (non-hydrogen) atoms. The van der Waals surface area contributed by atoms with Gasteiger partial charge in [-0.1, -0.05) is 19.9 Å². The maximum atomic E-state index is 3.23. The smallest absolute Gasteiger partial charge is 0.0456 e. The molecule has 0 aliphatic heterocycles. The molecule has 0 saturated carbocycles. The van der Waals surface area contributed by atoms with Crippen LogP contribution in [0, 0.1) is 6.92 Å². The predicted octanol–water partition coefficient (Wildman–Crippen LogP) is 3.60. The molecule has 1 nitrogen and oxygen atoms in total. The van der Waals surface area contributed by atoms with Gasteiger partial charge in [-0.3, -0.25) is 0 Å². The summed E-state index contributed by atoms with van der Waals surface area (Å²) in [5, 5.41) is 1.35. The molecule has 0 fully saturated rings. The molecule has 2 rings (SSSR count). The molecule has 0 unspecified atom stereocenters. The van der Waals surface area contributed by atoms with E-state index in [1.54, 1.807) is 0 Å². The number of aryl methyl sites for hydroxylation is 1. The van der Waals surface area contributed by atoms with Gasteiger partial charge in [0, 0.05) is 17.1 Å². The van der Waals surface area contributed by atoms with Crippen LogP contribution in [0.1, 0.15) is 30.9 Å². The number of fused-ring (bicyclic) bond motifs is 1. The predicted molar refractivity (Wildman–Crippen MR) is 57.1 cm³/mol. The lowest BCUT2D eigenvalue weighted by molar-refractivity contribution is 0.859. The lowest BCUT2D eigenvalue weighted by Crippen LogP contribution is -1.91. The van der Waals surface area contributed by atoms with Gasteiger partial charge in [-0.15, -0.1) is 0 Å². The summed E-state index contributed by atoms with van der Waals surface area (Å²) in [6, 6.07) is 6.53. The van der Waals surface area contributed by atoms with Crippen molar-refractivity contribution >= 4 is 10.9 Å². The lowest BCUT2D eigenvalue weighted by Gasteiger charge is -2.09. The van der Waals surface area contributed by atoms with E-state index in [2.05, 4.69) is 44.0 Å². The van der Waals surface area contributed by atoms with E-state index in [1.165, 1.54) is 22.0 Å². The van der Waals surface area contributed by atoms with Crippen LogP contribution in [-0.2, 0) is 0 Å². The summed E-state index contributed by atoms with van der Waals surface area (Å²) in [5.41, 5.74) is 4.10. The Bertz CT molecular complexity index is 424. The number of aromatic nitrogens is 1. The van der Waals surface area contributed by atoms with Crippen LogP contribution in [0.3, 0.4) is 0 Å². The summed E-state index contributed by atoms with van der Waals surface area (Å²) in [5.74, 6) is 0.610. The highest BCUT2D eigenvalue weighted by Crippen LogP contribution is 2.25. The van der Waals surface area contributed by atoms with Crippen LogP contribution in [-0.4, -0.2) is 4.98 Å². The van der Waals surface area contributed by atoms with Crippen molar-refractivity contribution in [1.29, 1.82) is 0 Å². The third-order valence-corrected chi connectivity index (χ3v) is 2.67. The van der Waals surface area contributed by atoms with Crippen molar-refractivity contribution < 1.29 is 0 Å². The van der Waals surface area contributed by atoms with E-state index in [1.807, 2.05) is 6.20 Å². The molecule has 68 valence electrons. The molecule has 0 spiro atoms. The van der Waals surface area contributed by atoms with Gasteiger partial charge in [-0.05, 0) is 36.1 Å². The molecule has 0 atom stereocenters. The fourth-order valence-corrected chi connectivity index (χ4v) is 1.93. The topological polar surface area (TPSA) is 15.8 Å². The van der Waals surface area contributed by atoms with Gasteiger partial charge in [-0.2, -0.15) is 0 Å². The van der Waals surface area contributed by atoms with Gasteiger partial charge in [0.15, 0.2) is 0 Å². The lowest BCUT2D eigenvalue weighted by atomic mass is 9.96. The first kappa shape index (κ1) is 8.36. The summed E-state index contributed by atoms with van der Waals surface area (Å²) >= 11 is 0. The molecule has 1 heterocycles. The SMILES string of the molecule is Cc1c(C(C)C)ccc2[nH]ccc12. The van der Waals surface area contributed by atoms with E-state index in [0.29, 0.717) is 5.92 Å². The molecular formula is C12H15N. The highest BCUT2D eigenvalue weighted by molar-refractivity contribution is 5.84. The Morgan fingerprint density at radius 1 is 1.15 bits per heavy atom. The highest BCUT2D eigenvalue weighted by atomic mass is 14.7. The van der Waals surface area contributed by atoms with Crippen LogP contribution in [0.2, 0.25) is 0 Å². The van der Waals surface area contributed by atoms with Crippen molar-refractivity contribution in [1.82, 2.24) is 4.98 Å². The van der Waals surface area contributed by atoms with Crippen LogP contribution in [0.5, 0.6) is 0 Å². The zero-order chi connectivity index (χ0) is 9.42. The zero-order valence-electron chi connectivity index (χ0n) is 8.39. The fourth-order valence-electron chi connectivity index (χ4n) is 1.93. The number of hydrogen-bond donors (Lipinski definition) is 1. The maximum Gasteiger partial charge on any atom is 0.0456 e. The van der Waals surface area contributed by atoms with E-state index < -0.39 is 0 Å². The van der Waals surface area contributed by atoms with Gasteiger partial charge in [0.1, 0.15) is 0 Å². The Hall–Kier alpha value is -1.24. The third-order valence-electron chi connectivity index (χ3n) is 2.67. The second-order valence-electron chi connectivity index (χ2n) is 3.87. The maximum absolute atomic E-state index is 3.23. The minimum Gasteiger partial charge on any atom is -0.361 e. The summed E-state index contributed by atoms with van der Waals surface area (Å²) < 4.78 is 0. The average Bonchev–Trinajstić information content (AvgIpc) is 2.52. The third kappa shape index (κ3) is 1.24. The fraction of sp³-hybridized carbons (Fsp3) is 0.333. The van der Waals surface area contributed by atoms with Crippen molar-refractivity contribution in [3.05, 3.63) is 35.5 Å². The Morgan fingerprint density at radius 3 is 2.62 bits per heavy atom. The Balaban J connectivity index is 2.73. The first-order chi connectivity index (χ1) is 6.20. The minimum atomic E-state index is 0.610. The van der Waals surface area contributed by atoms with Gasteiger partial charge in [0.05, 0.1) is 0 Å². The zero-order valence-corrected chi connectivity index (χ0v) is 8.39. The molecule has 1 aromatic carbocycles. The van der Waals surface area contributed by atoms with Crippen molar-refractivity contribution in [2.24, 2.45) is 0 Å². The van der Waals surface area contributed by atoms with E-state index in [0.717, 1.165) is 0 Å². The Morgan fingerprint density at radius 2 is 1.92 bits per heavy atom. The van der Waals surface area contributed by atoms with Crippen molar-refractivity contribution in [3.63, 3.8) is 0 Å². The normalized spacial score (nSPS) is 11.4. The van der Waals surface area contributed by atoms with E-state index in [-0.39, 0.29) is 0 Å². The van der Waals surface area contributed by atoms with Crippen LogP contribution >= 0.6 is 0 Å². The molecule has 2 aromatic rings. The quantitative estimate of drug-likeness (QED) is 0.678. The molecule has 0 aliphatic rings. The van der Waals surface area contributed by atoms with Crippen LogP contribution in [0.15, 0.2) is 24.4 Å². The Labute approximate surface area is 78.8 Å². The second-order valence-corrected chi connectivity index (χ2v) is 3.87. The van der Waals surface area contributed by atoms with Crippen LogP contribution in [0.4, 0.5) is 0 Å². The van der Waals surface area contributed by atoms with Crippen LogP contribution < -0.4 is 0 Å². The highest BCUT2D eigenvalue weighted by Gasteiger charge is 2.06. The van der Waals surface area contributed by atoms with E-state index >= 15 is 0 Å². The first-order valence-corrected chi connectivity index (χ1v) is 4.76. The summed E-state index contributed by atoms with van der Waals surface area (Å²) in [6.45, 7) is 6.67. The molecule has 1 heteroatoms. The number of hydrogen-bond acceptors (Lipinski definition) is 0. The summed E-state index contributed by atoms with van der Waals surface area (Å²) in [7, 11) is 0. The number of rotatable bonds is 1. The van der Waals surface area contributed by atoms with Crippen LogP contribution in [0.25, 0.3) is 10.9 Å². The van der Waals surface area contributed by atoms with Gasteiger partial charge < -0.3 is 4.98 Å². The van der Waals surface area contributed by atoms with Gasteiger partial charge >= 0.3 is 0 Å². The molecule has 0 radical (unpaired) electrons. The largest absolute Gasteiger partial charge is 0.361 e. The van der Waals surface area contributed by atoms with Crippen molar-refractivity contribution in [2.45, 2.75) is 26.7 Å². The second kappa shape index (κ2) is 2.91. The van der Waals surface area contributed by atoms with E-state index in [4.69, 9.17) is 0 Å². The number of H-pyrrole nitrogens is 1. The first-order valence-electron chi connectivity index (χ1n) is 4.76. The van der Waals surface area contributed by atoms with Crippen molar-refractivity contribution in [2.75, 3.05) is 0 Å². The molecule has 0 saturated heterocycles. The van der Waals surface area contributed by atoms with Crippen molar-refractivity contribution in [3.8, 4) is 0 Å². The van der Waals surface area contributed by atoms with Gasteiger partial charge in [-0.25, -0.2) is 0 Å².